The third-order valence-electron chi connectivity index (χ3n) is 3.40. The maximum atomic E-state index is 13.7. The standard InChI is InChI=1S/C13H21FN4/c1-3-8-15-12-16-9-10(14)11(17-12)18-13(2)6-4-5-7-13/h9H,3-8H2,1-2H3,(H2,15,16,17,18). The summed E-state index contributed by atoms with van der Waals surface area (Å²) in [7, 11) is 0. The van der Waals surface area contributed by atoms with Gasteiger partial charge in [0, 0.05) is 12.1 Å². The molecule has 1 aliphatic rings. The number of aromatic nitrogens is 2. The van der Waals surface area contributed by atoms with Gasteiger partial charge in [0.2, 0.25) is 5.95 Å². The molecule has 0 saturated heterocycles. The molecule has 1 aromatic rings. The third-order valence-corrected chi connectivity index (χ3v) is 3.40. The van der Waals surface area contributed by atoms with Crippen LogP contribution in [-0.4, -0.2) is 22.1 Å². The predicted octanol–water partition coefficient (Wildman–Crippen LogP) is 3.18. The van der Waals surface area contributed by atoms with Crippen LogP contribution in [0.3, 0.4) is 0 Å². The fraction of sp³-hybridized carbons (Fsp3) is 0.692. The molecule has 100 valence electrons. The number of nitrogens with zero attached hydrogens (tertiary/aromatic N) is 2. The Morgan fingerprint density at radius 3 is 2.78 bits per heavy atom. The van der Waals surface area contributed by atoms with Gasteiger partial charge in [0.25, 0.3) is 0 Å². The third kappa shape index (κ3) is 3.09. The van der Waals surface area contributed by atoms with E-state index in [1.165, 1.54) is 19.0 Å². The molecule has 0 radical (unpaired) electrons. The molecule has 4 nitrogen and oxygen atoms in total. The number of hydrogen-bond acceptors (Lipinski definition) is 4. The van der Waals surface area contributed by atoms with Crippen LogP contribution in [0.15, 0.2) is 6.20 Å². The topological polar surface area (TPSA) is 49.8 Å². The van der Waals surface area contributed by atoms with Crippen molar-refractivity contribution in [1.82, 2.24) is 9.97 Å². The fourth-order valence-electron chi connectivity index (χ4n) is 2.34. The van der Waals surface area contributed by atoms with Crippen LogP contribution in [0.4, 0.5) is 16.2 Å². The number of nitrogens with one attached hydrogen (secondary N) is 2. The molecule has 0 unspecified atom stereocenters. The van der Waals surface area contributed by atoms with Gasteiger partial charge >= 0.3 is 0 Å². The van der Waals surface area contributed by atoms with Gasteiger partial charge in [0.05, 0.1) is 6.20 Å². The molecule has 0 aromatic carbocycles. The van der Waals surface area contributed by atoms with Crippen molar-refractivity contribution in [3.05, 3.63) is 12.0 Å². The minimum absolute atomic E-state index is 0.0305. The summed E-state index contributed by atoms with van der Waals surface area (Å²) in [5.74, 6) is 0.417. The molecule has 0 atom stereocenters. The summed E-state index contributed by atoms with van der Waals surface area (Å²) in [5, 5.41) is 6.31. The molecule has 1 saturated carbocycles. The number of halogens is 1. The molecule has 1 aromatic heterocycles. The Hall–Kier alpha value is -1.39. The van der Waals surface area contributed by atoms with Gasteiger partial charge in [-0.2, -0.15) is 4.98 Å². The second-order valence-corrected chi connectivity index (χ2v) is 5.21. The van der Waals surface area contributed by atoms with E-state index in [9.17, 15) is 4.39 Å². The lowest BCUT2D eigenvalue weighted by molar-refractivity contribution is 0.520. The Labute approximate surface area is 107 Å². The fourth-order valence-corrected chi connectivity index (χ4v) is 2.34. The van der Waals surface area contributed by atoms with E-state index in [1.54, 1.807) is 0 Å². The van der Waals surface area contributed by atoms with Crippen LogP contribution >= 0.6 is 0 Å². The van der Waals surface area contributed by atoms with E-state index in [4.69, 9.17) is 0 Å². The van der Waals surface area contributed by atoms with Gasteiger partial charge in [0.1, 0.15) is 0 Å². The quantitative estimate of drug-likeness (QED) is 0.845. The van der Waals surface area contributed by atoms with Crippen LogP contribution in [-0.2, 0) is 0 Å². The zero-order valence-electron chi connectivity index (χ0n) is 11.1. The summed E-state index contributed by atoms with van der Waals surface area (Å²) in [6.07, 6.45) is 6.73. The van der Waals surface area contributed by atoms with Crippen molar-refractivity contribution in [2.24, 2.45) is 0 Å². The van der Waals surface area contributed by atoms with E-state index in [0.29, 0.717) is 11.8 Å². The zero-order chi connectivity index (χ0) is 13.0. The van der Waals surface area contributed by atoms with E-state index < -0.39 is 0 Å². The summed E-state index contributed by atoms with van der Waals surface area (Å²) >= 11 is 0. The normalized spacial score (nSPS) is 17.7. The van der Waals surface area contributed by atoms with Crippen LogP contribution in [0.25, 0.3) is 0 Å². The number of rotatable bonds is 5. The van der Waals surface area contributed by atoms with Gasteiger partial charge in [-0.1, -0.05) is 19.8 Å². The lowest BCUT2D eigenvalue weighted by Crippen LogP contribution is -2.32. The summed E-state index contributed by atoms with van der Waals surface area (Å²) < 4.78 is 13.7. The van der Waals surface area contributed by atoms with Gasteiger partial charge in [-0.25, -0.2) is 9.37 Å². The highest BCUT2D eigenvalue weighted by atomic mass is 19.1. The molecule has 0 bridgehead atoms. The summed E-state index contributed by atoms with van der Waals surface area (Å²) in [6.45, 7) is 4.98. The SMILES string of the molecule is CCCNc1ncc(F)c(NC2(C)CCCC2)n1. The molecule has 1 fully saturated rings. The molecule has 1 heterocycles. The second kappa shape index (κ2) is 5.50. The molecular formula is C13H21FN4. The molecule has 0 aliphatic heterocycles. The van der Waals surface area contributed by atoms with Crippen LogP contribution < -0.4 is 10.6 Å². The van der Waals surface area contributed by atoms with Crippen LogP contribution in [0.1, 0.15) is 46.0 Å². The van der Waals surface area contributed by atoms with Crippen LogP contribution in [0, 0.1) is 5.82 Å². The van der Waals surface area contributed by atoms with E-state index in [1.807, 2.05) is 0 Å². The van der Waals surface area contributed by atoms with Gasteiger partial charge in [-0.15, -0.1) is 0 Å². The van der Waals surface area contributed by atoms with Crippen molar-refractivity contribution in [1.29, 1.82) is 0 Å². The largest absolute Gasteiger partial charge is 0.362 e. The van der Waals surface area contributed by atoms with E-state index in [2.05, 4.69) is 34.4 Å². The van der Waals surface area contributed by atoms with Crippen molar-refractivity contribution in [2.75, 3.05) is 17.2 Å². The first-order valence-corrected chi connectivity index (χ1v) is 6.67. The zero-order valence-corrected chi connectivity index (χ0v) is 11.1. The highest BCUT2D eigenvalue weighted by Gasteiger charge is 2.29. The Morgan fingerprint density at radius 1 is 1.39 bits per heavy atom. The van der Waals surface area contributed by atoms with Gasteiger partial charge in [-0.05, 0) is 26.2 Å². The maximum Gasteiger partial charge on any atom is 0.224 e. The van der Waals surface area contributed by atoms with E-state index in [-0.39, 0.29) is 11.4 Å². The summed E-state index contributed by atoms with van der Waals surface area (Å²) in [5.41, 5.74) is -0.0305. The van der Waals surface area contributed by atoms with Gasteiger partial charge < -0.3 is 10.6 Å². The Bertz CT molecular complexity index is 402. The lowest BCUT2D eigenvalue weighted by atomic mass is 10.0. The van der Waals surface area contributed by atoms with Crippen molar-refractivity contribution < 1.29 is 4.39 Å². The molecule has 18 heavy (non-hydrogen) atoms. The summed E-state index contributed by atoms with van der Waals surface area (Å²) in [6, 6.07) is 0. The minimum Gasteiger partial charge on any atom is -0.362 e. The average molecular weight is 252 g/mol. The average Bonchev–Trinajstić information content (AvgIpc) is 2.77. The van der Waals surface area contributed by atoms with Crippen LogP contribution in [0.2, 0.25) is 0 Å². The first kappa shape index (κ1) is 13.1. The number of hydrogen-bond donors (Lipinski definition) is 2. The Balaban J connectivity index is 2.10. The molecule has 2 N–H and O–H groups in total. The minimum atomic E-state index is -0.384. The Morgan fingerprint density at radius 2 is 2.11 bits per heavy atom. The highest BCUT2D eigenvalue weighted by Crippen LogP contribution is 2.32. The summed E-state index contributed by atoms with van der Waals surface area (Å²) in [4.78, 5) is 8.15. The van der Waals surface area contributed by atoms with E-state index >= 15 is 0 Å². The first-order chi connectivity index (χ1) is 8.63. The first-order valence-electron chi connectivity index (χ1n) is 6.67. The molecule has 1 aliphatic carbocycles. The molecule has 5 heteroatoms. The maximum absolute atomic E-state index is 13.7. The van der Waals surface area contributed by atoms with Crippen molar-refractivity contribution >= 4 is 11.8 Å². The van der Waals surface area contributed by atoms with Crippen LogP contribution in [0.5, 0.6) is 0 Å². The smallest absolute Gasteiger partial charge is 0.224 e. The highest BCUT2D eigenvalue weighted by molar-refractivity contribution is 5.43. The molecular weight excluding hydrogens is 231 g/mol. The second-order valence-electron chi connectivity index (χ2n) is 5.21. The van der Waals surface area contributed by atoms with Crippen molar-refractivity contribution in [3.63, 3.8) is 0 Å². The molecule has 0 amide bonds. The van der Waals surface area contributed by atoms with Crippen molar-refractivity contribution in [3.8, 4) is 0 Å². The molecule has 2 rings (SSSR count). The monoisotopic (exact) mass is 252 g/mol. The van der Waals surface area contributed by atoms with E-state index in [0.717, 1.165) is 25.8 Å². The lowest BCUT2D eigenvalue weighted by Gasteiger charge is -2.26. The predicted molar refractivity (Wildman–Crippen MR) is 71.3 cm³/mol. The Kier molecular flexibility index (Phi) is 3.99. The van der Waals surface area contributed by atoms with Crippen molar-refractivity contribution in [2.45, 2.75) is 51.5 Å². The van der Waals surface area contributed by atoms with Gasteiger partial charge in [-0.3, -0.25) is 0 Å². The van der Waals surface area contributed by atoms with Gasteiger partial charge in [0.15, 0.2) is 11.6 Å². The molecule has 0 spiro atoms. The number of anilines is 2.